The van der Waals surface area contributed by atoms with Crippen LogP contribution >= 0.6 is 0 Å². The summed E-state index contributed by atoms with van der Waals surface area (Å²) in [4.78, 5) is 11.6. The number of aromatic nitrogens is 3. The van der Waals surface area contributed by atoms with Crippen LogP contribution in [0.4, 0.5) is 0 Å². The molecule has 0 saturated heterocycles. The van der Waals surface area contributed by atoms with Crippen molar-refractivity contribution in [2.45, 2.75) is 19.3 Å². The van der Waals surface area contributed by atoms with Crippen LogP contribution in [-0.2, 0) is 65.2 Å². The second-order valence-electron chi connectivity index (χ2n) is 6.97. The predicted molar refractivity (Wildman–Crippen MR) is 151 cm³/mol. The van der Waals surface area contributed by atoms with Crippen molar-refractivity contribution >= 4 is 0 Å². The Labute approximate surface area is 317 Å². The van der Waals surface area contributed by atoms with Crippen LogP contribution in [0.1, 0.15) is 36.3 Å². The Morgan fingerprint density at radius 1 is 0.452 bits per heavy atom. The van der Waals surface area contributed by atoms with Gasteiger partial charge in [0.15, 0.2) is 0 Å². The van der Waals surface area contributed by atoms with Crippen molar-refractivity contribution in [3.05, 3.63) is 184 Å². The Balaban J connectivity index is -0.0000000905. The molecule has 0 unspecified atom stereocenters. The van der Waals surface area contributed by atoms with Gasteiger partial charge in [-0.2, -0.15) is 36.4 Å². The molecule has 3 aromatic rings. The van der Waals surface area contributed by atoms with E-state index >= 15 is 0 Å². The van der Waals surface area contributed by atoms with Gasteiger partial charge in [-0.15, -0.1) is 54.5 Å². The van der Waals surface area contributed by atoms with Crippen LogP contribution in [0.25, 0.3) is 0 Å². The number of rotatable bonds is 0. The third kappa shape index (κ3) is 38.5. The van der Waals surface area contributed by atoms with Gasteiger partial charge in [0.1, 0.15) is 0 Å². The van der Waals surface area contributed by atoms with Gasteiger partial charge in [-0.3, -0.25) is 33.2 Å². The first kappa shape index (κ1) is 53.1. The summed E-state index contributed by atoms with van der Waals surface area (Å²) in [6.07, 6.45) is 35.2. The fourth-order valence-electron chi connectivity index (χ4n) is 2.21. The van der Waals surface area contributed by atoms with Crippen LogP contribution in [-0.4, -0.2) is 15.0 Å². The molecule has 3 nitrogen and oxygen atoms in total. The molecule has 0 aromatic carbocycles. The average Bonchev–Trinajstić information content (AvgIpc) is 3.73. The van der Waals surface area contributed by atoms with Crippen LogP contribution in [0, 0.1) is 39.0 Å². The SMILES string of the molecule is [C-]1=CC=CC1.[C-]1=CC=CC1.[C-]1=CC=CC1.[CH2-]c1ccccn1.[CH2-]c1ccccn1.[CH2-]c1ccccn1.[Cl-].[Cl-].[Cl-].[Ti+2].[Ti+2].[Ti+2]. The summed E-state index contributed by atoms with van der Waals surface area (Å²) in [6.45, 7) is 10.8. The minimum Gasteiger partial charge on any atom is -1.00 e. The zero-order chi connectivity index (χ0) is 25.9. The molecule has 0 spiro atoms. The van der Waals surface area contributed by atoms with Gasteiger partial charge in [-0.25, -0.2) is 57.2 Å². The molecule has 0 atom stereocenters. The molecule has 3 aliphatic carbocycles. The standard InChI is InChI=1S/3C6H6N.3C5H5.3ClH.3Ti/c3*1-6-4-2-3-5-7-6;3*1-2-4-5-3-1;;;;;;/h3*2-5H,1H2;3*1-3H,4H2;3*1H;;;/q6*-1;;;;3*+2/p-3. The fourth-order valence-corrected chi connectivity index (χ4v) is 2.21. The van der Waals surface area contributed by atoms with Crippen molar-refractivity contribution in [3.8, 4) is 0 Å². The summed E-state index contributed by atoms with van der Waals surface area (Å²) in [7, 11) is 0. The Kier molecular flexibility index (Phi) is 52.7. The molecule has 0 aliphatic heterocycles. The van der Waals surface area contributed by atoms with Crippen molar-refractivity contribution in [2.24, 2.45) is 0 Å². The quantitative estimate of drug-likeness (QED) is 0.215. The molecular weight excluding hydrogens is 688 g/mol. The third-order valence-electron chi connectivity index (χ3n) is 3.94. The summed E-state index contributed by atoms with van der Waals surface area (Å²) < 4.78 is 0. The predicted octanol–water partition coefficient (Wildman–Crippen LogP) is -1.29. The van der Waals surface area contributed by atoms with Crippen molar-refractivity contribution in [3.63, 3.8) is 0 Å². The number of hydrogen-bond acceptors (Lipinski definition) is 3. The van der Waals surface area contributed by atoms with Crippen molar-refractivity contribution in [1.29, 1.82) is 0 Å². The molecule has 216 valence electrons. The third-order valence-corrected chi connectivity index (χ3v) is 3.94. The van der Waals surface area contributed by atoms with E-state index in [1.165, 1.54) is 0 Å². The molecule has 6 rings (SSSR count). The Hall–Kier alpha value is -1.49. The smallest absolute Gasteiger partial charge is 1.00 e. The average molecular weight is 722 g/mol. The Morgan fingerprint density at radius 2 is 0.714 bits per heavy atom. The van der Waals surface area contributed by atoms with E-state index in [0.717, 1.165) is 36.3 Å². The maximum atomic E-state index is 3.87. The van der Waals surface area contributed by atoms with E-state index < -0.39 is 0 Å². The number of hydrogen-bond donors (Lipinski definition) is 0. The zero-order valence-electron chi connectivity index (χ0n) is 23.3. The minimum absolute atomic E-state index is 0. The van der Waals surface area contributed by atoms with Crippen molar-refractivity contribution in [1.82, 2.24) is 15.0 Å². The summed E-state index contributed by atoms with van der Waals surface area (Å²) in [5.74, 6) is 0. The number of pyridine rings is 3. The van der Waals surface area contributed by atoms with E-state index in [4.69, 9.17) is 0 Å². The fraction of sp³-hybridized carbons (Fsp3) is 0.0909. The monoisotopic (exact) mass is 720 g/mol. The van der Waals surface area contributed by atoms with Crippen molar-refractivity contribution < 1.29 is 102 Å². The molecule has 0 N–H and O–H groups in total. The van der Waals surface area contributed by atoms with Gasteiger partial charge in [0.25, 0.3) is 0 Å². The first-order valence-corrected chi connectivity index (χ1v) is 11.5. The van der Waals surface area contributed by atoms with Gasteiger partial charge in [0.2, 0.25) is 0 Å². The summed E-state index contributed by atoms with van der Waals surface area (Å²) in [5.41, 5.74) is 2.47. The van der Waals surface area contributed by atoms with E-state index in [-0.39, 0.29) is 102 Å². The summed E-state index contributed by atoms with van der Waals surface area (Å²) in [6, 6.07) is 16.9. The molecule has 42 heavy (non-hydrogen) atoms. The largest absolute Gasteiger partial charge is 2.00 e. The number of allylic oxidation sites excluding steroid dienone is 12. The van der Waals surface area contributed by atoms with Crippen LogP contribution in [0.2, 0.25) is 0 Å². The maximum absolute atomic E-state index is 3.87. The van der Waals surface area contributed by atoms with Crippen LogP contribution in [0.15, 0.2) is 128 Å². The van der Waals surface area contributed by atoms with Gasteiger partial charge in [-0.05, 0) is 0 Å². The van der Waals surface area contributed by atoms with Gasteiger partial charge in [0, 0.05) is 18.6 Å². The molecule has 9 heteroatoms. The summed E-state index contributed by atoms with van der Waals surface area (Å²) >= 11 is 0. The van der Waals surface area contributed by atoms with Gasteiger partial charge in [0.05, 0.1) is 0 Å². The number of halogens is 3. The number of nitrogens with zero attached hydrogens (tertiary/aromatic N) is 3. The van der Waals surface area contributed by atoms with E-state index in [0.29, 0.717) is 0 Å². The van der Waals surface area contributed by atoms with Crippen LogP contribution in [0.3, 0.4) is 0 Å². The molecule has 0 fully saturated rings. The van der Waals surface area contributed by atoms with E-state index in [1.54, 1.807) is 18.6 Å². The zero-order valence-corrected chi connectivity index (χ0v) is 30.3. The molecular formula is C33H33Cl3N3Ti3-3. The molecule has 0 amide bonds. The Bertz CT molecular complexity index is 921. The van der Waals surface area contributed by atoms with E-state index in [2.05, 4.69) is 72.2 Å². The molecule has 0 saturated carbocycles. The Morgan fingerprint density at radius 3 is 0.786 bits per heavy atom. The van der Waals surface area contributed by atoms with Crippen LogP contribution < -0.4 is 37.2 Å². The maximum Gasteiger partial charge on any atom is 2.00 e. The normalized spacial score (nSPS) is 10.6. The minimum atomic E-state index is 0. The molecule has 3 heterocycles. The first-order chi connectivity index (χ1) is 17.7. The molecule has 0 bridgehead atoms. The van der Waals surface area contributed by atoms with Gasteiger partial charge >= 0.3 is 65.2 Å². The second-order valence-corrected chi connectivity index (χ2v) is 6.97. The topological polar surface area (TPSA) is 38.7 Å². The molecule has 3 aliphatic rings. The first-order valence-electron chi connectivity index (χ1n) is 11.5. The van der Waals surface area contributed by atoms with E-state index in [9.17, 15) is 0 Å². The van der Waals surface area contributed by atoms with E-state index in [1.807, 2.05) is 91.1 Å². The van der Waals surface area contributed by atoms with Crippen LogP contribution in [0.5, 0.6) is 0 Å². The van der Waals surface area contributed by atoms with Gasteiger partial charge < -0.3 is 37.2 Å². The second kappa shape index (κ2) is 41.6. The molecule has 3 aromatic heterocycles. The van der Waals surface area contributed by atoms with Crippen molar-refractivity contribution in [2.75, 3.05) is 0 Å². The van der Waals surface area contributed by atoms with Gasteiger partial charge in [-0.1, -0.05) is 18.2 Å². The summed E-state index contributed by atoms with van der Waals surface area (Å²) in [5, 5.41) is 0. The molecule has 0 radical (unpaired) electrons.